The topological polar surface area (TPSA) is 51.0 Å². The quantitative estimate of drug-likeness (QED) is 0.866. The van der Waals surface area contributed by atoms with Gasteiger partial charge in [0.1, 0.15) is 11.6 Å². The van der Waals surface area contributed by atoms with E-state index < -0.39 is 0 Å². The van der Waals surface area contributed by atoms with Gasteiger partial charge in [-0.05, 0) is 50.8 Å². The number of piperidine rings is 1. The predicted octanol–water partition coefficient (Wildman–Crippen LogP) is 3.32. The van der Waals surface area contributed by atoms with E-state index in [2.05, 4.69) is 29.1 Å². The number of hydrogen-bond acceptors (Lipinski definition) is 3. The molecule has 0 bridgehead atoms. The van der Waals surface area contributed by atoms with Crippen LogP contribution in [0.5, 0.6) is 0 Å². The Hall–Kier alpha value is -2.17. The van der Waals surface area contributed by atoms with Crippen molar-refractivity contribution in [1.29, 1.82) is 0 Å². The van der Waals surface area contributed by atoms with Gasteiger partial charge in [-0.1, -0.05) is 25.5 Å². The zero-order valence-corrected chi connectivity index (χ0v) is 14.8. The minimum Gasteiger partial charge on any atom is -0.337 e. The van der Waals surface area contributed by atoms with Crippen LogP contribution in [0.3, 0.4) is 0 Å². The second kappa shape index (κ2) is 7.16. The fourth-order valence-corrected chi connectivity index (χ4v) is 3.51. The highest BCUT2D eigenvalue weighted by atomic mass is 16.2. The average molecular weight is 326 g/mol. The Morgan fingerprint density at radius 3 is 2.62 bits per heavy atom. The van der Waals surface area contributed by atoms with Crippen LogP contribution in [0.1, 0.15) is 59.8 Å². The summed E-state index contributed by atoms with van der Waals surface area (Å²) in [5, 5.41) is 4.50. The molecule has 1 amide bonds. The molecule has 1 atom stereocenters. The molecule has 0 unspecified atom stereocenters. The van der Waals surface area contributed by atoms with Crippen LogP contribution in [0.15, 0.2) is 24.3 Å². The Labute approximate surface area is 143 Å². The summed E-state index contributed by atoms with van der Waals surface area (Å²) in [5.41, 5.74) is 2.07. The minimum absolute atomic E-state index is 0.122. The molecule has 0 radical (unpaired) electrons. The normalized spacial score (nSPS) is 18.0. The summed E-state index contributed by atoms with van der Waals surface area (Å²) in [5.74, 6) is 1.84. The lowest BCUT2D eigenvalue weighted by Crippen LogP contribution is -2.41. The van der Waals surface area contributed by atoms with Crippen LogP contribution in [0.2, 0.25) is 0 Å². The van der Waals surface area contributed by atoms with Gasteiger partial charge in [-0.25, -0.2) is 9.67 Å². The molecule has 1 aliphatic heterocycles. The van der Waals surface area contributed by atoms with E-state index in [1.807, 2.05) is 35.6 Å². The molecule has 3 rings (SSSR count). The third-order valence-electron chi connectivity index (χ3n) is 4.68. The van der Waals surface area contributed by atoms with Crippen molar-refractivity contribution in [3.05, 3.63) is 47.0 Å². The average Bonchev–Trinajstić information content (AvgIpc) is 2.94. The first kappa shape index (κ1) is 16.7. The maximum absolute atomic E-state index is 12.8. The highest BCUT2D eigenvalue weighted by Crippen LogP contribution is 2.23. The summed E-state index contributed by atoms with van der Waals surface area (Å²) in [7, 11) is 0. The van der Waals surface area contributed by atoms with Crippen molar-refractivity contribution in [2.24, 2.45) is 0 Å². The van der Waals surface area contributed by atoms with Crippen LogP contribution in [0.25, 0.3) is 0 Å². The molecule has 1 aromatic heterocycles. The van der Waals surface area contributed by atoms with Gasteiger partial charge in [0, 0.05) is 18.7 Å². The summed E-state index contributed by atoms with van der Waals surface area (Å²) >= 11 is 0. The van der Waals surface area contributed by atoms with Crippen LogP contribution in [0, 0.1) is 13.8 Å². The smallest absolute Gasteiger partial charge is 0.253 e. The minimum atomic E-state index is 0.122. The van der Waals surface area contributed by atoms with E-state index in [0.29, 0.717) is 6.54 Å². The van der Waals surface area contributed by atoms with Gasteiger partial charge in [0.15, 0.2) is 0 Å². The number of carbonyl (C=O) groups excluding carboxylic acids is 1. The van der Waals surface area contributed by atoms with Gasteiger partial charge >= 0.3 is 0 Å². The number of nitrogens with zero attached hydrogens (tertiary/aromatic N) is 4. The van der Waals surface area contributed by atoms with Crippen molar-refractivity contribution in [1.82, 2.24) is 19.7 Å². The highest BCUT2D eigenvalue weighted by molar-refractivity contribution is 5.94. The number of aromatic nitrogens is 3. The zero-order valence-electron chi connectivity index (χ0n) is 14.8. The van der Waals surface area contributed by atoms with Gasteiger partial charge in [0.2, 0.25) is 0 Å². The van der Waals surface area contributed by atoms with Gasteiger partial charge in [0.05, 0.1) is 6.04 Å². The van der Waals surface area contributed by atoms with E-state index in [1.54, 1.807) is 0 Å². The molecule has 1 saturated heterocycles. The Bertz CT molecular complexity index is 705. The maximum atomic E-state index is 12.8. The van der Waals surface area contributed by atoms with Crippen LogP contribution < -0.4 is 0 Å². The number of carbonyl (C=O) groups is 1. The summed E-state index contributed by atoms with van der Waals surface area (Å²) in [6.45, 7) is 7.58. The lowest BCUT2D eigenvalue weighted by Gasteiger charge is -2.33. The monoisotopic (exact) mass is 326 g/mol. The second-order valence-corrected chi connectivity index (χ2v) is 6.64. The summed E-state index contributed by atoms with van der Waals surface area (Å²) in [6, 6.07) is 8.29. The van der Waals surface area contributed by atoms with Gasteiger partial charge in [-0.15, -0.1) is 0 Å². The molecule has 1 aliphatic rings. The third-order valence-corrected chi connectivity index (χ3v) is 4.68. The zero-order chi connectivity index (χ0) is 17.1. The van der Waals surface area contributed by atoms with Crippen molar-refractivity contribution in [3.63, 3.8) is 0 Å². The largest absolute Gasteiger partial charge is 0.337 e. The summed E-state index contributed by atoms with van der Waals surface area (Å²) < 4.78 is 1.99. The molecule has 1 aromatic carbocycles. The highest BCUT2D eigenvalue weighted by Gasteiger charge is 2.27. The molecular weight excluding hydrogens is 300 g/mol. The van der Waals surface area contributed by atoms with Crippen molar-refractivity contribution in [2.75, 3.05) is 13.1 Å². The molecule has 0 saturated carbocycles. The van der Waals surface area contributed by atoms with E-state index in [4.69, 9.17) is 0 Å². The Balaban J connectivity index is 1.72. The lowest BCUT2D eigenvalue weighted by molar-refractivity contribution is 0.0671. The van der Waals surface area contributed by atoms with E-state index in [9.17, 15) is 4.79 Å². The molecule has 0 spiro atoms. The SMILES string of the molecule is CCCc1ccc(C(=O)N2CCC[C@@H](n3nc(C)nc3C)C2)cc1. The van der Waals surface area contributed by atoms with Gasteiger partial charge in [-0.3, -0.25) is 4.79 Å². The van der Waals surface area contributed by atoms with Gasteiger partial charge in [0.25, 0.3) is 5.91 Å². The van der Waals surface area contributed by atoms with Crippen LogP contribution in [0.4, 0.5) is 0 Å². The molecule has 2 heterocycles. The number of likely N-dealkylation sites (tertiary alicyclic amines) is 1. The van der Waals surface area contributed by atoms with Crippen LogP contribution >= 0.6 is 0 Å². The fourth-order valence-electron chi connectivity index (χ4n) is 3.51. The third kappa shape index (κ3) is 3.50. The standard InChI is InChI=1S/C19H26N4O/c1-4-6-16-8-10-17(11-9-16)19(24)22-12-5-7-18(13-22)23-15(3)20-14(2)21-23/h8-11,18H,4-7,12-13H2,1-3H3/t18-/m1/s1. The second-order valence-electron chi connectivity index (χ2n) is 6.64. The van der Waals surface area contributed by atoms with Crippen LogP contribution in [-0.4, -0.2) is 38.7 Å². The molecule has 128 valence electrons. The molecule has 1 fully saturated rings. The van der Waals surface area contributed by atoms with Crippen molar-refractivity contribution in [3.8, 4) is 0 Å². The molecule has 0 N–H and O–H groups in total. The van der Waals surface area contributed by atoms with E-state index in [0.717, 1.165) is 49.4 Å². The molecule has 24 heavy (non-hydrogen) atoms. The molecule has 5 heteroatoms. The summed E-state index contributed by atoms with van der Waals surface area (Å²) in [6.07, 6.45) is 4.23. The molecular formula is C19H26N4O. The number of benzene rings is 1. The van der Waals surface area contributed by atoms with Crippen molar-refractivity contribution >= 4 is 5.91 Å². The Morgan fingerprint density at radius 1 is 1.25 bits per heavy atom. The Kier molecular flexibility index (Phi) is 4.97. The number of hydrogen-bond donors (Lipinski definition) is 0. The van der Waals surface area contributed by atoms with Crippen molar-refractivity contribution < 1.29 is 4.79 Å². The maximum Gasteiger partial charge on any atom is 0.253 e. The number of amides is 1. The van der Waals surface area contributed by atoms with Crippen molar-refractivity contribution in [2.45, 2.75) is 52.5 Å². The van der Waals surface area contributed by atoms with Gasteiger partial charge < -0.3 is 4.90 Å². The summed E-state index contributed by atoms with van der Waals surface area (Å²) in [4.78, 5) is 19.2. The van der Waals surface area contributed by atoms with E-state index in [1.165, 1.54) is 5.56 Å². The predicted molar refractivity (Wildman–Crippen MR) is 94.1 cm³/mol. The fraction of sp³-hybridized carbons (Fsp3) is 0.526. The Morgan fingerprint density at radius 2 is 2.00 bits per heavy atom. The molecule has 2 aromatic rings. The first-order valence-electron chi connectivity index (χ1n) is 8.86. The number of aryl methyl sites for hydroxylation is 3. The van der Waals surface area contributed by atoms with Crippen LogP contribution in [-0.2, 0) is 6.42 Å². The first-order chi connectivity index (χ1) is 11.6. The molecule has 0 aliphatic carbocycles. The van der Waals surface area contributed by atoms with E-state index >= 15 is 0 Å². The number of rotatable bonds is 4. The van der Waals surface area contributed by atoms with E-state index in [-0.39, 0.29) is 11.9 Å². The lowest BCUT2D eigenvalue weighted by atomic mass is 10.0. The first-order valence-corrected chi connectivity index (χ1v) is 8.86. The van der Waals surface area contributed by atoms with Gasteiger partial charge in [-0.2, -0.15) is 5.10 Å². The molecule has 5 nitrogen and oxygen atoms in total.